The highest BCUT2D eigenvalue weighted by Crippen LogP contribution is 2.26. The summed E-state index contributed by atoms with van der Waals surface area (Å²) in [5, 5.41) is 22.3. The molecule has 0 aliphatic rings. The summed E-state index contributed by atoms with van der Waals surface area (Å²) in [5.41, 5.74) is 1.22. The van der Waals surface area contributed by atoms with Gasteiger partial charge in [-0.2, -0.15) is 14.2 Å². The van der Waals surface area contributed by atoms with E-state index in [0.717, 1.165) is 0 Å². The summed E-state index contributed by atoms with van der Waals surface area (Å²) in [5.74, 6) is -0.442. The Hall–Kier alpha value is -3.66. The molecule has 0 bridgehead atoms. The zero-order chi connectivity index (χ0) is 18.7. The highest BCUT2D eigenvalue weighted by Gasteiger charge is 2.24. The second-order valence-corrected chi connectivity index (χ2v) is 5.75. The molecule has 0 spiro atoms. The number of rotatable bonds is 4. The van der Waals surface area contributed by atoms with Gasteiger partial charge in [-0.25, -0.2) is 4.79 Å². The molecule has 1 amide bonds. The van der Waals surface area contributed by atoms with Gasteiger partial charge in [-0.3, -0.25) is 4.79 Å². The molecule has 0 atom stereocenters. The number of hydrogen-bond donors (Lipinski definition) is 2. The molecule has 0 radical (unpaired) electrons. The van der Waals surface area contributed by atoms with E-state index in [1.54, 1.807) is 48.7 Å². The lowest BCUT2D eigenvalue weighted by Crippen LogP contribution is -2.40. The molecule has 2 aromatic heterocycles. The highest BCUT2D eigenvalue weighted by molar-refractivity contribution is 5.89. The number of anilines is 1. The van der Waals surface area contributed by atoms with E-state index in [2.05, 4.69) is 5.32 Å². The predicted molar refractivity (Wildman–Crippen MR) is 95.5 cm³/mol. The first-order valence-electron chi connectivity index (χ1n) is 8.04. The lowest BCUT2D eigenvalue weighted by molar-refractivity contribution is -0.679. The van der Waals surface area contributed by atoms with Gasteiger partial charge in [-0.15, -0.1) is 0 Å². The first-order chi connectivity index (χ1) is 12.5. The maximum Gasteiger partial charge on any atom is 0.354 e. The fourth-order valence-electron chi connectivity index (χ4n) is 2.88. The van der Waals surface area contributed by atoms with Gasteiger partial charge in [0.25, 0.3) is 11.5 Å². The van der Waals surface area contributed by atoms with Crippen LogP contribution in [0.25, 0.3) is 16.8 Å². The van der Waals surface area contributed by atoms with E-state index in [9.17, 15) is 14.7 Å². The van der Waals surface area contributed by atoms with Crippen LogP contribution in [0.2, 0.25) is 0 Å². The normalized spacial score (nSPS) is 10.5. The maximum absolute atomic E-state index is 12.9. The first-order valence-corrected chi connectivity index (χ1v) is 8.04. The lowest BCUT2D eigenvalue weighted by Gasteiger charge is -2.10. The smallest absolute Gasteiger partial charge is 0.354 e. The molecule has 3 rings (SSSR count). The molecule has 7 nitrogen and oxygen atoms in total. The van der Waals surface area contributed by atoms with Gasteiger partial charge in [0.1, 0.15) is 6.54 Å². The maximum atomic E-state index is 12.9. The summed E-state index contributed by atoms with van der Waals surface area (Å²) in [7, 11) is 0. The number of amides is 1. The fraction of sp³-hybridized carbons (Fsp3) is 0.158. The van der Waals surface area contributed by atoms with Crippen molar-refractivity contribution >= 4 is 17.2 Å². The Morgan fingerprint density at radius 2 is 2.12 bits per heavy atom. The number of carbonyl (C=O) groups excluding carboxylic acids is 1. The molecule has 0 saturated carbocycles. The van der Waals surface area contributed by atoms with Crippen LogP contribution in [0.4, 0.5) is 5.69 Å². The zero-order valence-corrected chi connectivity index (χ0v) is 14.1. The fourth-order valence-corrected chi connectivity index (χ4v) is 2.88. The molecule has 130 valence electrons. The molecule has 0 saturated heterocycles. The number of aromatic nitrogens is 2. The Balaban J connectivity index is 2.28. The van der Waals surface area contributed by atoms with Crippen LogP contribution in [0, 0.1) is 11.3 Å². The number of aromatic hydroxyl groups is 1. The van der Waals surface area contributed by atoms with Crippen molar-refractivity contribution in [1.29, 1.82) is 5.26 Å². The summed E-state index contributed by atoms with van der Waals surface area (Å²) >= 11 is 0. The third-order valence-electron chi connectivity index (χ3n) is 3.95. The van der Waals surface area contributed by atoms with Crippen molar-refractivity contribution in [2.24, 2.45) is 0 Å². The van der Waals surface area contributed by atoms with E-state index in [4.69, 9.17) is 5.26 Å². The standard InChI is InChI=1S/C19H16N4O3/c1-13(24)21-15-7-4-6-14(12-15)17-18(25)22-10-3-2-8-16(22)23(19(17)26)11-5-9-20/h2-4,6-8,10,12H,5,11H2,1H3,(H-,21,24,25,26)/p+1. The summed E-state index contributed by atoms with van der Waals surface area (Å²) in [4.78, 5) is 24.2. The third kappa shape index (κ3) is 3.13. The van der Waals surface area contributed by atoms with E-state index >= 15 is 0 Å². The monoisotopic (exact) mass is 349 g/mol. The predicted octanol–water partition coefficient (Wildman–Crippen LogP) is 1.83. The number of nitriles is 1. The van der Waals surface area contributed by atoms with Crippen LogP contribution >= 0.6 is 0 Å². The van der Waals surface area contributed by atoms with Crippen LogP contribution < -0.4 is 15.4 Å². The van der Waals surface area contributed by atoms with Gasteiger partial charge in [0.2, 0.25) is 5.91 Å². The molecule has 0 unspecified atom stereocenters. The topological polar surface area (TPSA) is 98.5 Å². The number of carbonyl (C=O) groups is 1. The van der Waals surface area contributed by atoms with Crippen LogP contribution in [0.1, 0.15) is 13.3 Å². The number of pyridine rings is 1. The number of nitrogens with one attached hydrogen (secondary N) is 1. The van der Waals surface area contributed by atoms with Crippen molar-refractivity contribution in [2.75, 3.05) is 5.32 Å². The Morgan fingerprint density at radius 3 is 2.85 bits per heavy atom. The Kier molecular flexibility index (Phi) is 4.67. The number of benzene rings is 1. The molecule has 0 aliphatic heterocycles. The van der Waals surface area contributed by atoms with E-state index < -0.39 is 0 Å². The Labute approximate surface area is 149 Å². The van der Waals surface area contributed by atoms with E-state index in [-0.39, 0.29) is 35.9 Å². The second-order valence-electron chi connectivity index (χ2n) is 5.75. The third-order valence-corrected chi connectivity index (χ3v) is 3.95. The van der Waals surface area contributed by atoms with Gasteiger partial charge in [0.05, 0.1) is 18.7 Å². The number of hydrogen-bond acceptors (Lipinski definition) is 4. The minimum absolute atomic E-state index is 0.110. The van der Waals surface area contributed by atoms with Crippen molar-refractivity contribution in [2.45, 2.75) is 19.9 Å². The molecule has 0 aliphatic carbocycles. The molecule has 1 aromatic carbocycles. The molecular weight excluding hydrogens is 332 g/mol. The number of fused-ring (bicyclic) bond motifs is 1. The van der Waals surface area contributed by atoms with Crippen molar-refractivity contribution in [3.8, 4) is 23.1 Å². The van der Waals surface area contributed by atoms with Crippen molar-refractivity contribution in [3.05, 3.63) is 59.0 Å². The lowest BCUT2D eigenvalue weighted by atomic mass is 10.1. The minimum Gasteiger partial charge on any atom is -0.477 e. The average molecular weight is 349 g/mol. The van der Waals surface area contributed by atoms with Crippen LogP contribution in [-0.4, -0.2) is 15.4 Å². The highest BCUT2D eigenvalue weighted by atomic mass is 16.3. The van der Waals surface area contributed by atoms with Gasteiger partial charge >= 0.3 is 5.56 Å². The molecule has 2 N–H and O–H groups in total. The number of aryl methyl sites for hydroxylation is 1. The van der Waals surface area contributed by atoms with Crippen LogP contribution in [0.5, 0.6) is 5.88 Å². The Bertz CT molecular complexity index is 1100. The van der Waals surface area contributed by atoms with Crippen LogP contribution in [0.3, 0.4) is 0 Å². The van der Waals surface area contributed by atoms with Gasteiger partial charge in [0.15, 0.2) is 5.56 Å². The second kappa shape index (κ2) is 7.07. The molecular formula is C19H17N4O3+. The molecule has 26 heavy (non-hydrogen) atoms. The molecule has 0 fully saturated rings. The average Bonchev–Trinajstić information content (AvgIpc) is 2.61. The van der Waals surface area contributed by atoms with Gasteiger partial charge in [-0.1, -0.05) is 18.2 Å². The summed E-state index contributed by atoms with van der Waals surface area (Å²) in [6, 6.07) is 13.9. The molecule has 2 heterocycles. The Morgan fingerprint density at radius 1 is 1.31 bits per heavy atom. The van der Waals surface area contributed by atoms with E-state index in [1.807, 2.05) is 6.07 Å². The van der Waals surface area contributed by atoms with Gasteiger partial charge in [-0.05, 0) is 23.8 Å². The van der Waals surface area contributed by atoms with E-state index in [0.29, 0.717) is 16.9 Å². The van der Waals surface area contributed by atoms with E-state index in [1.165, 1.54) is 15.9 Å². The van der Waals surface area contributed by atoms with Gasteiger partial charge in [0, 0.05) is 18.7 Å². The largest absolute Gasteiger partial charge is 0.477 e. The van der Waals surface area contributed by atoms with Crippen molar-refractivity contribution in [1.82, 2.24) is 4.40 Å². The van der Waals surface area contributed by atoms with Gasteiger partial charge < -0.3 is 10.4 Å². The van der Waals surface area contributed by atoms with Crippen LogP contribution in [-0.2, 0) is 11.3 Å². The zero-order valence-electron chi connectivity index (χ0n) is 14.1. The summed E-state index contributed by atoms with van der Waals surface area (Å²) in [6.07, 6.45) is 1.80. The quantitative estimate of drug-likeness (QED) is 0.702. The van der Waals surface area contributed by atoms with Crippen molar-refractivity contribution < 1.29 is 14.5 Å². The summed E-state index contributed by atoms with van der Waals surface area (Å²) < 4.78 is 2.96. The molecule has 7 heteroatoms. The number of nitrogens with zero attached hydrogens (tertiary/aromatic N) is 3. The SMILES string of the molecule is CC(=O)Nc1cccc(-c2c(O)[n+](CCC#N)c3ccccn3c2=O)c1. The first kappa shape index (κ1) is 17.2. The van der Waals surface area contributed by atoms with Crippen LogP contribution in [0.15, 0.2) is 53.5 Å². The molecule has 3 aromatic rings. The minimum atomic E-state index is -0.383. The van der Waals surface area contributed by atoms with Crippen molar-refractivity contribution in [3.63, 3.8) is 0 Å². The summed E-state index contributed by atoms with van der Waals surface area (Å²) in [6.45, 7) is 1.64.